The highest BCUT2D eigenvalue weighted by Gasteiger charge is 2.11. The topological polar surface area (TPSA) is 51.0 Å². The van der Waals surface area contributed by atoms with Gasteiger partial charge >= 0.3 is 0 Å². The normalized spacial score (nSPS) is 12.6. The summed E-state index contributed by atoms with van der Waals surface area (Å²) >= 11 is 0. The number of hydrogen-bond acceptors (Lipinski definition) is 4. The molecule has 1 aromatic carbocycles. The molecule has 1 aromatic heterocycles. The molecule has 6 heteroatoms. The van der Waals surface area contributed by atoms with E-state index in [-0.39, 0.29) is 5.82 Å². The van der Waals surface area contributed by atoms with Gasteiger partial charge in [-0.05, 0) is 38.6 Å². The van der Waals surface area contributed by atoms with Gasteiger partial charge in [0.05, 0.1) is 0 Å². The van der Waals surface area contributed by atoms with Gasteiger partial charge in [0.15, 0.2) is 11.6 Å². The number of nitrogens with zero attached hydrogens (tertiary/aromatic N) is 2. The number of hydrogen-bond donors (Lipinski definition) is 1. The second kappa shape index (κ2) is 5.88. The number of aryl methyl sites for hydroxylation is 1. The summed E-state index contributed by atoms with van der Waals surface area (Å²) in [6.45, 7) is 2.05. The van der Waals surface area contributed by atoms with E-state index in [0.29, 0.717) is 23.9 Å². The van der Waals surface area contributed by atoms with Crippen LogP contribution in [-0.2, 0) is 6.42 Å². The molecule has 0 spiro atoms. The molecule has 0 aliphatic carbocycles. The lowest BCUT2D eigenvalue weighted by Gasteiger charge is -2.06. The molecule has 0 amide bonds. The van der Waals surface area contributed by atoms with E-state index in [1.165, 1.54) is 6.07 Å². The molecule has 0 saturated carbocycles. The van der Waals surface area contributed by atoms with E-state index >= 15 is 0 Å². The Morgan fingerprint density at radius 1 is 1.32 bits per heavy atom. The zero-order valence-corrected chi connectivity index (χ0v) is 10.8. The molecular formula is C13H15F2N3O. The van der Waals surface area contributed by atoms with Gasteiger partial charge in [-0.3, -0.25) is 0 Å². The zero-order valence-electron chi connectivity index (χ0n) is 10.8. The third-order valence-corrected chi connectivity index (χ3v) is 2.93. The summed E-state index contributed by atoms with van der Waals surface area (Å²) in [5, 5.41) is 6.87. The number of rotatable bonds is 5. The summed E-state index contributed by atoms with van der Waals surface area (Å²) in [5.74, 6) is -1.06. The molecule has 2 rings (SSSR count). The monoisotopic (exact) mass is 267 g/mol. The van der Waals surface area contributed by atoms with Gasteiger partial charge in [0.2, 0.25) is 11.7 Å². The molecule has 0 bridgehead atoms. The Labute approximate surface area is 109 Å². The lowest BCUT2D eigenvalue weighted by molar-refractivity contribution is 0.369. The average molecular weight is 267 g/mol. The Morgan fingerprint density at radius 2 is 2.11 bits per heavy atom. The van der Waals surface area contributed by atoms with Gasteiger partial charge in [0.1, 0.15) is 0 Å². The van der Waals surface area contributed by atoms with Crippen LogP contribution in [0.5, 0.6) is 0 Å². The molecule has 19 heavy (non-hydrogen) atoms. The van der Waals surface area contributed by atoms with Crippen LogP contribution >= 0.6 is 0 Å². The third kappa shape index (κ3) is 3.35. The zero-order chi connectivity index (χ0) is 13.8. The average Bonchev–Trinajstić information content (AvgIpc) is 2.88. The molecule has 0 saturated heterocycles. The smallest absolute Gasteiger partial charge is 0.227 e. The van der Waals surface area contributed by atoms with Crippen LogP contribution in [0.4, 0.5) is 8.78 Å². The van der Waals surface area contributed by atoms with Crippen LogP contribution in [0.15, 0.2) is 22.7 Å². The van der Waals surface area contributed by atoms with Crippen molar-refractivity contribution >= 4 is 0 Å². The largest absolute Gasteiger partial charge is 0.339 e. The maximum Gasteiger partial charge on any atom is 0.227 e. The van der Waals surface area contributed by atoms with Crippen LogP contribution in [-0.4, -0.2) is 23.2 Å². The van der Waals surface area contributed by atoms with Crippen LogP contribution < -0.4 is 5.32 Å². The van der Waals surface area contributed by atoms with Gasteiger partial charge in [-0.25, -0.2) is 8.78 Å². The minimum Gasteiger partial charge on any atom is -0.339 e. The predicted octanol–water partition coefficient (Wildman–Crippen LogP) is 2.56. The van der Waals surface area contributed by atoms with Gasteiger partial charge in [-0.1, -0.05) is 5.16 Å². The number of benzene rings is 1. The van der Waals surface area contributed by atoms with Crippen LogP contribution in [0.2, 0.25) is 0 Å². The van der Waals surface area contributed by atoms with E-state index in [2.05, 4.69) is 15.5 Å². The van der Waals surface area contributed by atoms with E-state index in [4.69, 9.17) is 4.52 Å². The number of halogens is 2. The molecular weight excluding hydrogens is 252 g/mol. The summed E-state index contributed by atoms with van der Waals surface area (Å²) in [6.07, 6.45) is 1.49. The van der Waals surface area contributed by atoms with Gasteiger partial charge in [-0.15, -0.1) is 0 Å². The van der Waals surface area contributed by atoms with Crippen LogP contribution in [0, 0.1) is 11.6 Å². The minimum atomic E-state index is -0.923. The summed E-state index contributed by atoms with van der Waals surface area (Å²) in [6, 6.07) is 3.87. The molecule has 0 aliphatic heterocycles. The fourth-order valence-corrected chi connectivity index (χ4v) is 1.59. The standard InChI is InChI=1S/C13H15F2N3O/c1-8(16-2)3-6-12-17-13(18-19-12)9-4-5-10(14)11(15)7-9/h4-5,7-8,16H,3,6H2,1-2H3. The van der Waals surface area contributed by atoms with Crippen LogP contribution in [0.25, 0.3) is 11.4 Å². The number of aromatic nitrogens is 2. The number of nitrogens with one attached hydrogen (secondary N) is 1. The second-order valence-corrected chi connectivity index (χ2v) is 4.37. The first-order valence-corrected chi connectivity index (χ1v) is 6.05. The van der Waals surface area contributed by atoms with Crippen molar-refractivity contribution in [1.82, 2.24) is 15.5 Å². The lowest BCUT2D eigenvalue weighted by Crippen LogP contribution is -2.21. The fraction of sp³-hybridized carbons (Fsp3) is 0.385. The summed E-state index contributed by atoms with van der Waals surface area (Å²) < 4.78 is 31.0. The van der Waals surface area contributed by atoms with Gasteiger partial charge in [0, 0.05) is 18.0 Å². The van der Waals surface area contributed by atoms with Crippen molar-refractivity contribution in [2.45, 2.75) is 25.8 Å². The van der Waals surface area contributed by atoms with E-state index in [9.17, 15) is 8.78 Å². The molecule has 4 nitrogen and oxygen atoms in total. The van der Waals surface area contributed by atoms with Crippen molar-refractivity contribution in [3.05, 3.63) is 35.7 Å². The maximum absolute atomic E-state index is 13.1. The van der Waals surface area contributed by atoms with E-state index in [1.54, 1.807) is 0 Å². The maximum atomic E-state index is 13.1. The molecule has 0 aliphatic rings. The predicted molar refractivity (Wildman–Crippen MR) is 66.5 cm³/mol. The molecule has 0 fully saturated rings. The third-order valence-electron chi connectivity index (χ3n) is 2.93. The van der Waals surface area contributed by atoms with Crippen molar-refractivity contribution in [2.24, 2.45) is 0 Å². The molecule has 2 aromatic rings. The molecule has 0 radical (unpaired) electrons. The SMILES string of the molecule is CNC(C)CCc1nc(-c2ccc(F)c(F)c2)no1. The first kappa shape index (κ1) is 13.6. The van der Waals surface area contributed by atoms with Gasteiger partial charge in [-0.2, -0.15) is 4.98 Å². The van der Waals surface area contributed by atoms with Crippen molar-refractivity contribution in [3.63, 3.8) is 0 Å². The Kier molecular flexibility index (Phi) is 4.21. The van der Waals surface area contributed by atoms with Crippen LogP contribution in [0.1, 0.15) is 19.2 Å². The van der Waals surface area contributed by atoms with Gasteiger partial charge < -0.3 is 9.84 Å². The molecule has 1 N–H and O–H groups in total. The summed E-state index contributed by atoms with van der Waals surface area (Å²) in [5.41, 5.74) is 0.399. The molecule has 1 heterocycles. The van der Waals surface area contributed by atoms with Crippen molar-refractivity contribution in [2.75, 3.05) is 7.05 Å². The van der Waals surface area contributed by atoms with Crippen molar-refractivity contribution in [1.29, 1.82) is 0 Å². The summed E-state index contributed by atoms with van der Waals surface area (Å²) in [4.78, 5) is 4.16. The van der Waals surface area contributed by atoms with Crippen molar-refractivity contribution < 1.29 is 13.3 Å². The highest BCUT2D eigenvalue weighted by atomic mass is 19.2. The Bertz CT molecular complexity index is 557. The first-order chi connectivity index (χ1) is 9.10. The second-order valence-electron chi connectivity index (χ2n) is 4.37. The lowest BCUT2D eigenvalue weighted by atomic mass is 10.2. The highest BCUT2D eigenvalue weighted by molar-refractivity contribution is 5.54. The molecule has 102 valence electrons. The van der Waals surface area contributed by atoms with Crippen LogP contribution in [0.3, 0.4) is 0 Å². The highest BCUT2D eigenvalue weighted by Crippen LogP contribution is 2.19. The van der Waals surface area contributed by atoms with E-state index < -0.39 is 11.6 Å². The Hall–Kier alpha value is -1.82. The molecule has 1 unspecified atom stereocenters. The van der Waals surface area contributed by atoms with E-state index in [1.807, 2.05) is 14.0 Å². The quantitative estimate of drug-likeness (QED) is 0.904. The minimum absolute atomic E-state index is 0.269. The van der Waals surface area contributed by atoms with E-state index in [0.717, 1.165) is 18.6 Å². The first-order valence-electron chi connectivity index (χ1n) is 6.05. The summed E-state index contributed by atoms with van der Waals surface area (Å²) in [7, 11) is 1.88. The Balaban J connectivity index is 2.09. The van der Waals surface area contributed by atoms with Crippen molar-refractivity contribution in [3.8, 4) is 11.4 Å². The fourth-order valence-electron chi connectivity index (χ4n) is 1.59. The molecule has 1 atom stereocenters. The Morgan fingerprint density at radius 3 is 2.79 bits per heavy atom. The van der Waals surface area contributed by atoms with Gasteiger partial charge in [0.25, 0.3) is 0 Å².